The molecule has 3 heteroatoms. The Kier molecular flexibility index (Phi) is 8.39. The van der Waals surface area contributed by atoms with Gasteiger partial charge in [0.2, 0.25) is 0 Å². The minimum Gasteiger partial charge on any atom is -0.228 e. The van der Waals surface area contributed by atoms with Crippen molar-refractivity contribution in [2.45, 2.75) is 0 Å². The Morgan fingerprint density at radius 1 is 0.311 bits per heavy atom. The molecule has 0 bridgehead atoms. The van der Waals surface area contributed by atoms with Gasteiger partial charge in [-0.15, -0.1) is 11.3 Å². The predicted octanol–water partition coefficient (Wildman–Crippen LogP) is 16.3. The second-order valence-electron chi connectivity index (χ2n) is 15.6. The van der Waals surface area contributed by atoms with Gasteiger partial charge in [0.05, 0.1) is 16.3 Å². The maximum absolute atomic E-state index is 5.24. The number of thiophene rings is 1. The fourth-order valence-corrected chi connectivity index (χ4v) is 10.3. The third-order valence-electron chi connectivity index (χ3n) is 12.1. The summed E-state index contributed by atoms with van der Waals surface area (Å²) in [4.78, 5) is 11.5. The van der Waals surface area contributed by atoms with Gasteiger partial charge in [-0.05, 0) is 100 Å². The molecule has 0 saturated heterocycles. The van der Waals surface area contributed by atoms with Crippen molar-refractivity contribution in [1.29, 1.82) is 0 Å². The third-order valence-corrected chi connectivity index (χ3v) is 13.2. The third kappa shape index (κ3) is 6.01. The summed E-state index contributed by atoms with van der Waals surface area (Å²) in [7, 11) is 0. The zero-order valence-corrected chi connectivity index (χ0v) is 33.9. The normalized spacial score (nSPS) is 11.6. The van der Waals surface area contributed by atoms with Crippen LogP contribution in [-0.2, 0) is 0 Å². The molecule has 2 nitrogen and oxygen atoms in total. The molecule has 10 aromatic carbocycles. The van der Waals surface area contributed by atoms with Crippen LogP contribution in [0.1, 0.15) is 0 Å². The second-order valence-corrected chi connectivity index (χ2v) is 16.7. The van der Waals surface area contributed by atoms with E-state index >= 15 is 0 Å². The largest absolute Gasteiger partial charge is 0.228 e. The zero-order chi connectivity index (χ0) is 40.3. The second kappa shape index (κ2) is 14.5. The first kappa shape index (κ1) is 35.2. The monoisotopic (exact) mass is 792 g/mol. The molecule has 0 N–H and O–H groups in total. The van der Waals surface area contributed by atoms with Crippen molar-refractivity contribution in [3.05, 3.63) is 218 Å². The molecule has 2 aromatic heterocycles. The van der Waals surface area contributed by atoms with E-state index in [9.17, 15) is 0 Å². The van der Waals surface area contributed by atoms with Crippen molar-refractivity contribution in [2.75, 3.05) is 0 Å². The molecule has 0 aliphatic rings. The van der Waals surface area contributed by atoms with Crippen LogP contribution in [0.2, 0.25) is 0 Å². The van der Waals surface area contributed by atoms with Crippen LogP contribution < -0.4 is 0 Å². The SMILES string of the molecule is c1ccc(-c2nc(-c3cc4ccccc4s3)cc(-c3ccc(-c4ccc(-c5c6ccccc6c(-c6ccccc6)c6c5ccc5ccccc56)cc4)c4ccccc34)n2)cc1. The van der Waals surface area contributed by atoms with Crippen LogP contribution in [0.15, 0.2) is 218 Å². The van der Waals surface area contributed by atoms with Gasteiger partial charge in [-0.1, -0.05) is 200 Å². The van der Waals surface area contributed by atoms with Crippen molar-refractivity contribution < 1.29 is 0 Å². The minimum atomic E-state index is 0.721. The first-order valence-corrected chi connectivity index (χ1v) is 21.5. The van der Waals surface area contributed by atoms with Crippen LogP contribution in [0.5, 0.6) is 0 Å². The molecule has 0 spiro atoms. The molecule has 61 heavy (non-hydrogen) atoms. The van der Waals surface area contributed by atoms with E-state index in [1.807, 2.05) is 18.2 Å². The van der Waals surface area contributed by atoms with Crippen LogP contribution >= 0.6 is 11.3 Å². The lowest BCUT2D eigenvalue weighted by Gasteiger charge is -2.19. The van der Waals surface area contributed by atoms with Gasteiger partial charge < -0.3 is 0 Å². The van der Waals surface area contributed by atoms with Gasteiger partial charge >= 0.3 is 0 Å². The quantitative estimate of drug-likeness (QED) is 0.124. The summed E-state index contributed by atoms with van der Waals surface area (Å²) in [5.41, 5.74) is 11.2. The molecule has 284 valence electrons. The van der Waals surface area contributed by atoms with Gasteiger partial charge in [0, 0.05) is 15.8 Å². The standard InChI is InChI=1S/C58H36N2S/c1-3-16-39(17-4-1)56-49-25-13-12-24-48(49)55(50-32-31-37-15-7-9-21-44(37)57(50)56)40-29-27-38(28-30-40)43-33-34-47(46-23-11-10-22-45(43)46)51-36-52(54-35-42-20-8-14-26-53(42)61-54)60-58(59-51)41-18-5-2-6-19-41/h1-36H. The van der Waals surface area contributed by atoms with E-state index in [2.05, 4.69) is 200 Å². The number of rotatable bonds is 6. The van der Waals surface area contributed by atoms with Gasteiger partial charge in [0.25, 0.3) is 0 Å². The van der Waals surface area contributed by atoms with Crippen molar-refractivity contribution in [3.8, 4) is 66.6 Å². The van der Waals surface area contributed by atoms with Crippen LogP contribution in [-0.4, -0.2) is 9.97 Å². The molecular weight excluding hydrogens is 757 g/mol. The highest BCUT2D eigenvalue weighted by molar-refractivity contribution is 7.22. The lowest BCUT2D eigenvalue weighted by atomic mass is 9.83. The highest BCUT2D eigenvalue weighted by Gasteiger charge is 2.20. The van der Waals surface area contributed by atoms with Gasteiger partial charge in [-0.2, -0.15) is 0 Å². The Morgan fingerprint density at radius 2 is 0.852 bits per heavy atom. The molecule has 0 aliphatic carbocycles. The van der Waals surface area contributed by atoms with Gasteiger partial charge in [0.15, 0.2) is 5.82 Å². The molecule has 12 aromatic rings. The minimum absolute atomic E-state index is 0.721. The lowest BCUT2D eigenvalue weighted by Crippen LogP contribution is -1.96. The maximum atomic E-state index is 5.24. The zero-order valence-electron chi connectivity index (χ0n) is 33.1. The van der Waals surface area contributed by atoms with E-state index < -0.39 is 0 Å². The van der Waals surface area contributed by atoms with Crippen LogP contribution in [0.3, 0.4) is 0 Å². The molecule has 0 aliphatic heterocycles. The topological polar surface area (TPSA) is 25.8 Å². The first-order chi connectivity index (χ1) is 30.2. The number of benzene rings is 10. The van der Waals surface area contributed by atoms with Crippen LogP contribution in [0.25, 0.3) is 120 Å². The Hall–Kier alpha value is -7.72. The smallest absolute Gasteiger partial charge is 0.160 e. The summed E-state index contributed by atoms with van der Waals surface area (Å²) in [5.74, 6) is 0.721. The molecule has 0 fully saturated rings. The molecule has 0 atom stereocenters. The fraction of sp³-hybridized carbons (Fsp3) is 0. The molecular formula is C58H36N2S. The van der Waals surface area contributed by atoms with E-state index in [1.165, 1.54) is 81.2 Å². The highest BCUT2D eigenvalue weighted by Crippen LogP contribution is 2.47. The van der Waals surface area contributed by atoms with E-state index in [4.69, 9.17) is 9.97 Å². The van der Waals surface area contributed by atoms with Crippen LogP contribution in [0, 0.1) is 0 Å². The summed E-state index contributed by atoms with van der Waals surface area (Å²) in [6, 6.07) is 78.9. The Balaban J connectivity index is 1.01. The van der Waals surface area contributed by atoms with Crippen LogP contribution in [0.4, 0.5) is 0 Å². The Morgan fingerprint density at radius 3 is 1.59 bits per heavy atom. The highest BCUT2D eigenvalue weighted by atomic mass is 32.1. The van der Waals surface area contributed by atoms with Crippen molar-refractivity contribution in [1.82, 2.24) is 9.97 Å². The van der Waals surface area contributed by atoms with Crippen molar-refractivity contribution in [2.24, 2.45) is 0 Å². The summed E-state index contributed by atoms with van der Waals surface area (Å²) in [6.45, 7) is 0. The number of nitrogens with zero attached hydrogens (tertiary/aromatic N) is 2. The van der Waals surface area contributed by atoms with E-state index in [-0.39, 0.29) is 0 Å². The van der Waals surface area contributed by atoms with Crippen molar-refractivity contribution in [3.63, 3.8) is 0 Å². The number of hydrogen-bond donors (Lipinski definition) is 0. The summed E-state index contributed by atoms with van der Waals surface area (Å²) >= 11 is 1.77. The molecule has 12 rings (SSSR count). The molecule has 0 amide bonds. The lowest BCUT2D eigenvalue weighted by molar-refractivity contribution is 1.19. The molecule has 0 unspecified atom stereocenters. The summed E-state index contributed by atoms with van der Waals surface area (Å²) < 4.78 is 1.25. The van der Waals surface area contributed by atoms with E-state index in [0.29, 0.717) is 0 Å². The van der Waals surface area contributed by atoms with Gasteiger partial charge in [-0.25, -0.2) is 9.97 Å². The summed E-state index contributed by atoms with van der Waals surface area (Å²) in [5, 5.41) is 11.1. The number of hydrogen-bond acceptors (Lipinski definition) is 3. The average molecular weight is 793 g/mol. The number of aromatic nitrogens is 2. The van der Waals surface area contributed by atoms with E-state index in [0.717, 1.165) is 38.6 Å². The van der Waals surface area contributed by atoms with Gasteiger partial charge in [0.1, 0.15) is 0 Å². The van der Waals surface area contributed by atoms with E-state index in [1.54, 1.807) is 11.3 Å². The molecule has 2 heterocycles. The Bertz CT molecular complexity index is 3590. The average Bonchev–Trinajstić information content (AvgIpc) is 3.78. The van der Waals surface area contributed by atoms with Crippen molar-refractivity contribution >= 4 is 64.5 Å². The molecule has 0 radical (unpaired) electrons. The maximum Gasteiger partial charge on any atom is 0.160 e. The van der Waals surface area contributed by atoms with Gasteiger partial charge in [-0.3, -0.25) is 0 Å². The number of fused-ring (bicyclic) bond motifs is 6. The first-order valence-electron chi connectivity index (χ1n) is 20.7. The predicted molar refractivity (Wildman–Crippen MR) is 260 cm³/mol. The summed E-state index contributed by atoms with van der Waals surface area (Å²) in [6.07, 6.45) is 0. The Labute approximate surface area is 357 Å². The molecule has 0 saturated carbocycles. The fourth-order valence-electron chi connectivity index (χ4n) is 9.29.